The molecule has 0 saturated heterocycles. The summed E-state index contributed by atoms with van der Waals surface area (Å²) < 4.78 is 12.2. The largest absolute Gasteiger partial charge is 0.457 e. The van der Waals surface area contributed by atoms with Crippen LogP contribution < -0.4 is 9.47 Å². The van der Waals surface area contributed by atoms with E-state index in [4.69, 9.17) is 32.7 Å². The summed E-state index contributed by atoms with van der Waals surface area (Å²) in [6.07, 6.45) is 6.52. The molecule has 0 heterocycles. The highest BCUT2D eigenvalue weighted by Gasteiger charge is 2.61. The van der Waals surface area contributed by atoms with Crippen LogP contribution in [-0.4, -0.2) is 10.5 Å². The van der Waals surface area contributed by atoms with Crippen LogP contribution >= 0.6 is 23.2 Å². The van der Waals surface area contributed by atoms with Gasteiger partial charge in [0.25, 0.3) is 10.5 Å². The molecule has 4 unspecified atom stereocenters. The normalized spacial score (nSPS) is 23.4. The van der Waals surface area contributed by atoms with Gasteiger partial charge in [-0.15, -0.1) is 0 Å². The number of rotatable bonds is 8. The predicted octanol–water partition coefficient (Wildman–Crippen LogP) is 9.77. The molecule has 3 aliphatic carbocycles. The summed E-state index contributed by atoms with van der Waals surface area (Å²) >= 11 is 11.2. The molecule has 3 aliphatic rings. The Morgan fingerprint density at radius 3 is 1.43 bits per heavy atom. The summed E-state index contributed by atoms with van der Waals surface area (Å²) in [6.45, 7) is 0. The number of hydrogen-bond acceptors (Lipinski definition) is 4. The number of halogens is 2. The van der Waals surface area contributed by atoms with E-state index in [2.05, 4.69) is 48.5 Å². The third-order valence-corrected chi connectivity index (χ3v) is 10.3. The highest BCUT2D eigenvalue weighted by atomic mass is 35.5. The van der Waals surface area contributed by atoms with Crippen LogP contribution in [0.4, 0.5) is 0 Å². The van der Waals surface area contributed by atoms with Crippen LogP contribution in [0.3, 0.4) is 0 Å². The standard InChI is InChI=1S/C36H30Cl2O4/c37-34(39)22-4-12-27(13-5-22)41-29-16-8-25(9-17-29)36(21-24-20-33(36)32-3-1-2-31(24)32)26-10-18-30(19-11-26)42-28-14-6-23(7-15-28)35(38)40/h4-19,24,31-33H,1-3,20-21H2. The van der Waals surface area contributed by atoms with Crippen LogP contribution in [0.5, 0.6) is 23.0 Å². The van der Waals surface area contributed by atoms with Crippen LogP contribution in [0, 0.1) is 23.7 Å². The monoisotopic (exact) mass is 596 g/mol. The molecule has 0 aliphatic heterocycles. The molecule has 4 nitrogen and oxygen atoms in total. The van der Waals surface area contributed by atoms with E-state index in [0.717, 1.165) is 29.3 Å². The Morgan fingerprint density at radius 2 is 1.00 bits per heavy atom. The lowest BCUT2D eigenvalue weighted by molar-refractivity contribution is 0.107. The number of carbonyl (C=O) groups is 2. The molecule has 4 aromatic carbocycles. The molecule has 212 valence electrons. The van der Waals surface area contributed by atoms with Crippen molar-refractivity contribution >= 4 is 33.7 Å². The third-order valence-electron chi connectivity index (χ3n) is 9.89. The van der Waals surface area contributed by atoms with Crippen molar-refractivity contribution in [2.75, 3.05) is 0 Å². The maximum atomic E-state index is 11.4. The van der Waals surface area contributed by atoms with Crippen molar-refractivity contribution in [3.63, 3.8) is 0 Å². The zero-order valence-electron chi connectivity index (χ0n) is 23.0. The fourth-order valence-electron chi connectivity index (χ4n) is 8.20. The fraction of sp³-hybridized carbons (Fsp3) is 0.278. The van der Waals surface area contributed by atoms with E-state index in [9.17, 15) is 9.59 Å². The van der Waals surface area contributed by atoms with Crippen molar-refractivity contribution in [1.29, 1.82) is 0 Å². The summed E-state index contributed by atoms with van der Waals surface area (Å²) in [7, 11) is 0. The molecule has 0 aromatic heterocycles. The second kappa shape index (κ2) is 10.9. The van der Waals surface area contributed by atoms with Crippen molar-refractivity contribution in [1.82, 2.24) is 0 Å². The zero-order valence-corrected chi connectivity index (χ0v) is 24.5. The van der Waals surface area contributed by atoms with Crippen LogP contribution in [-0.2, 0) is 5.41 Å². The Labute approximate surface area is 255 Å². The fourth-order valence-corrected chi connectivity index (χ4v) is 8.45. The molecule has 3 saturated carbocycles. The van der Waals surface area contributed by atoms with Gasteiger partial charge in [-0.25, -0.2) is 0 Å². The Morgan fingerprint density at radius 1 is 0.595 bits per heavy atom. The van der Waals surface area contributed by atoms with E-state index in [1.807, 2.05) is 0 Å². The van der Waals surface area contributed by atoms with Crippen LogP contribution in [0.15, 0.2) is 97.1 Å². The molecular weight excluding hydrogens is 567 g/mol. The van der Waals surface area contributed by atoms with E-state index in [1.165, 1.54) is 43.2 Å². The first-order valence-corrected chi connectivity index (χ1v) is 15.3. The zero-order chi connectivity index (χ0) is 28.8. The highest BCUT2D eigenvalue weighted by Crippen LogP contribution is 2.68. The predicted molar refractivity (Wildman–Crippen MR) is 164 cm³/mol. The summed E-state index contributed by atoms with van der Waals surface area (Å²) in [6, 6.07) is 30.9. The molecule has 0 amide bonds. The van der Waals surface area contributed by atoms with Crippen molar-refractivity contribution < 1.29 is 19.1 Å². The van der Waals surface area contributed by atoms with Crippen molar-refractivity contribution in [3.05, 3.63) is 119 Å². The Bertz CT molecular complexity index is 1510. The maximum absolute atomic E-state index is 11.4. The number of hydrogen-bond donors (Lipinski definition) is 0. The quantitative estimate of drug-likeness (QED) is 0.190. The number of fused-ring (bicyclic) bond motifs is 5. The summed E-state index contributed by atoms with van der Waals surface area (Å²) in [5.41, 5.74) is 3.52. The topological polar surface area (TPSA) is 52.6 Å². The van der Waals surface area contributed by atoms with Gasteiger partial charge in [-0.2, -0.15) is 0 Å². The van der Waals surface area contributed by atoms with E-state index >= 15 is 0 Å². The van der Waals surface area contributed by atoms with Gasteiger partial charge in [-0.05, 0) is 156 Å². The van der Waals surface area contributed by atoms with Crippen LogP contribution in [0.2, 0.25) is 0 Å². The van der Waals surface area contributed by atoms with Crippen LogP contribution in [0.25, 0.3) is 0 Å². The number of carbonyl (C=O) groups excluding carboxylic acids is 2. The first-order valence-electron chi connectivity index (χ1n) is 14.6. The molecule has 7 rings (SSSR count). The smallest absolute Gasteiger partial charge is 0.252 e. The van der Waals surface area contributed by atoms with Gasteiger partial charge in [-0.1, -0.05) is 30.7 Å². The van der Waals surface area contributed by atoms with Crippen molar-refractivity contribution in [2.24, 2.45) is 23.7 Å². The average Bonchev–Trinajstić information content (AvgIpc) is 3.72. The molecule has 0 spiro atoms. The lowest BCUT2D eigenvalue weighted by atomic mass is 9.59. The minimum atomic E-state index is -0.482. The minimum absolute atomic E-state index is 0.0437. The molecule has 0 N–H and O–H groups in total. The number of ether oxygens (including phenoxy) is 2. The van der Waals surface area contributed by atoms with Gasteiger partial charge >= 0.3 is 0 Å². The van der Waals surface area contributed by atoms with Crippen LogP contribution in [0.1, 0.15) is 63.9 Å². The van der Waals surface area contributed by atoms with Gasteiger partial charge in [-0.3, -0.25) is 9.59 Å². The Hall–Kier alpha value is -3.60. The average molecular weight is 598 g/mol. The van der Waals surface area contributed by atoms with Gasteiger partial charge in [0.05, 0.1) is 0 Å². The lowest BCUT2D eigenvalue weighted by Crippen LogP contribution is -2.40. The van der Waals surface area contributed by atoms with E-state index in [-0.39, 0.29) is 5.41 Å². The van der Waals surface area contributed by atoms with E-state index in [0.29, 0.717) is 28.5 Å². The first-order chi connectivity index (χ1) is 20.4. The van der Waals surface area contributed by atoms with Gasteiger partial charge in [0, 0.05) is 16.5 Å². The molecule has 2 bridgehead atoms. The Balaban J connectivity index is 1.17. The molecule has 4 aromatic rings. The summed E-state index contributed by atoms with van der Waals surface area (Å²) in [4.78, 5) is 22.8. The van der Waals surface area contributed by atoms with E-state index in [1.54, 1.807) is 48.5 Å². The number of benzene rings is 4. The SMILES string of the molecule is O=C(Cl)c1ccc(Oc2ccc(C3(c4ccc(Oc5ccc(C(=O)Cl)cc5)cc4)CC4CC3C3CCCC43)cc2)cc1. The van der Waals surface area contributed by atoms with Gasteiger partial charge in [0.15, 0.2) is 0 Å². The molecule has 3 fully saturated rings. The first kappa shape index (κ1) is 27.2. The summed E-state index contributed by atoms with van der Waals surface area (Å²) in [5, 5.41) is -0.963. The Kier molecular flexibility index (Phi) is 7.08. The summed E-state index contributed by atoms with van der Waals surface area (Å²) in [5.74, 6) is 5.87. The second-order valence-electron chi connectivity index (χ2n) is 11.9. The molecule has 6 heteroatoms. The third kappa shape index (κ3) is 4.81. The van der Waals surface area contributed by atoms with E-state index < -0.39 is 10.5 Å². The van der Waals surface area contributed by atoms with Gasteiger partial charge in [0.1, 0.15) is 23.0 Å². The molecule has 0 radical (unpaired) electrons. The highest BCUT2D eigenvalue weighted by molar-refractivity contribution is 6.68. The molecule has 42 heavy (non-hydrogen) atoms. The molecule has 4 atom stereocenters. The molecular formula is C36H30Cl2O4. The maximum Gasteiger partial charge on any atom is 0.252 e. The van der Waals surface area contributed by atoms with Crippen molar-refractivity contribution in [3.8, 4) is 23.0 Å². The van der Waals surface area contributed by atoms with Gasteiger partial charge < -0.3 is 9.47 Å². The second-order valence-corrected chi connectivity index (χ2v) is 12.6. The lowest BCUT2D eigenvalue weighted by Gasteiger charge is -2.44. The van der Waals surface area contributed by atoms with Gasteiger partial charge in [0.2, 0.25) is 0 Å². The van der Waals surface area contributed by atoms with Crippen molar-refractivity contribution in [2.45, 2.75) is 37.5 Å². The minimum Gasteiger partial charge on any atom is -0.457 e.